The molecule has 0 radical (unpaired) electrons. The van der Waals surface area contributed by atoms with Crippen molar-refractivity contribution >= 4 is 20.4 Å². The van der Waals surface area contributed by atoms with Gasteiger partial charge in [0.25, 0.3) is 0 Å². The van der Waals surface area contributed by atoms with Gasteiger partial charge in [0.15, 0.2) is 14.1 Å². The van der Waals surface area contributed by atoms with Crippen LogP contribution in [0.3, 0.4) is 0 Å². The molecule has 1 spiro atoms. The summed E-state index contributed by atoms with van der Waals surface area (Å²) in [7, 11) is -1.97. The fourth-order valence-electron chi connectivity index (χ4n) is 5.69. The molecule has 0 aromatic carbocycles. The van der Waals surface area contributed by atoms with Crippen molar-refractivity contribution in [2.45, 2.75) is 156 Å². The van der Waals surface area contributed by atoms with E-state index < -0.39 is 14.1 Å². The van der Waals surface area contributed by atoms with Crippen LogP contribution in [0.1, 0.15) is 114 Å². The Morgan fingerprint density at radius 2 is 1.62 bits per heavy atom. The first-order valence-corrected chi connectivity index (χ1v) is 17.9. The van der Waals surface area contributed by atoms with Gasteiger partial charge >= 0.3 is 0 Å². The number of aldehydes is 1. The zero-order valence-electron chi connectivity index (χ0n) is 25.9. The van der Waals surface area contributed by atoms with Crippen LogP contribution in [0.5, 0.6) is 0 Å². The van der Waals surface area contributed by atoms with Crippen molar-refractivity contribution in [3.63, 3.8) is 0 Å². The number of hydrogen-bond donors (Lipinski definition) is 0. The van der Waals surface area contributed by atoms with Gasteiger partial charge in [0.05, 0.1) is 18.3 Å². The zero-order valence-corrected chi connectivity index (χ0v) is 26.9. The third-order valence-electron chi connectivity index (χ3n) is 9.97. The maximum atomic E-state index is 11.8. The van der Waals surface area contributed by atoms with Crippen molar-refractivity contribution in [2.24, 2.45) is 29.6 Å². The molecule has 2 fully saturated rings. The Hall–Kier alpha value is -0.563. The second-order valence-corrected chi connectivity index (χ2v) is 19.0. The Balaban J connectivity index is 2.06. The first kappa shape index (κ1) is 32.6. The van der Waals surface area contributed by atoms with Crippen molar-refractivity contribution in [3.05, 3.63) is 0 Å². The van der Waals surface area contributed by atoms with Gasteiger partial charge in [0.1, 0.15) is 12.1 Å². The van der Waals surface area contributed by atoms with Crippen molar-refractivity contribution in [3.8, 4) is 0 Å². The van der Waals surface area contributed by atoms with Crippen molar-refractivity contribution in [2.75, 3.05) is 0 Å². The molecule has 2 aliphatic heterocycles. The molecule has 37 heavy (non-hydrogen) atoms. The first-order chi connectivity index (χ1) is 17.0. The van der Waals surface area contributed by atoms with Gasteiger partial charge in [-0.05, 0) is 81.3 Å². The molecule has 2 heterocycles. The molecule has 2 saturated heterocycles. The average molecular weight is 539 g/mol. The lowest BCUT2D eigenvalue weighted by Crippen LogP contribution is -2.53. The molecule has 2 rings (SSSR count). The van der Waals surface area contributed by atoms with Crippen LogP contribution in [0.2, 0.25) is 18.1 Å². The highest BCUT2D eigenvalue weighted by atomic mass is 28.4. The van der Waals surface area contributed by atoms with Crippen LogP contribution >= 0.6 is 0 Å². The first-order valence-electron chi connectivity index (χ1n) is 15.0. The highest BCUT2D eigenvalue weighted by molar-refractivity contribution is 6.74. The van der Waals surface area contributed by atoms with Crippen LogP contribution in [0.15, 0.2) is 0 Å². The van der Waals surface area contributed by atoms with Crippen molar-refractivity contribution in [1.82, 2.24) is 0 Å². The lowest BCUT2D eigenvalue weighted by atomic mass is 9.79. The summed E-state index contributed by atoms with van der Waals surface area (Å²) in [6.07, 6.45) is 9.03. The summed E-state index contributed by atoms with van der Waals surface area (Å²) in [5, 5.41) is 0.112. The Labute approximate surface area is 229 Å². The van der Waals surface area contributed by atoms with Crippen LogP contribution in [-0.2, 0) is 23.5 Å². The molecule has 0 aliphatic carbocycles. The molecule has 0 N–H and O–H groups in total. The van der Waals surface area contributed by atoms with Gasteiger partial charge in [-0.2, -0.15) is 0 Å². The molecule has 0 aromatic heterocycles. The van der Waals surface area contributed by atoms with Crippen molar-refractivity contribution in [1.29, 1.82) is 0 Å². The number of Topliss-reactive ketones (excluding diaryl/α,β-unsaturated/α-hetero) is 1. The maximum absolute atomic E-state index is 11.8. The van der Waals surface area contributed by atoms with E-state index in [-0.39, 0.29) is 41.0 Å². The van der Waals surface area contributed by atoms with E-state index in [2.05, 4.69) is 54.6 Å². The molecular formula is C31H58O5Si. The van der Waals surface area contributed by atoms with Gasteiger partial charge < -0.3 is 18.7 Å². The predicted molar refractivity (Wildman–Crippen MR) is 154 cm³/mol. The lowest BCUT2D eigenvalue weighted by molar-refractivity contribution is -0.338. The number of carbonyl (C=O) groups excluding carboxylic acids is 2. The quantitative estimate of drug-likeness (QED) is 0.186. The van der Waals surface area contributed by atoms with E-state index in [1.54, 1.807) is 6.92 Å². The van der Waals surface area contributed by atoms with Crippen LogP contribution < -0.4 is 0 Å². The fourth-order valence-corrected chi connectivity index (χ4v) is 7.13. The van der Waals surface area contributed by atoms with E-state index in [1.165, 1.54) is 0 Å². The summed E-state index contributed by atoms with van der Waals surface area (Å²) < 4.78 is 20.4. The molecule has 0 saturated carbocycles. The van der Waals surface area contributed by atoms with Crippen LogP contribution in [-0.4, -0.2) is 44.5 Å². The summed E-state index contributed by atoms with van der Waals surface area (Å²) in [6, 6.07) is 0. The SMILES string of the molecule is CC(=O)[C@@H](C)CC[C@@H]1O[C@@]2(CC[C@H]1C)CC[C@H](C)[C@H]([C@H](C)CC[C@H](O[Si](C)(C)C(C)(C)C)[C@H](C)C=O)O2. The lowest BCUT2D eigenvalue weighted by Gasteiger charge is -2.51. The second kappa shape index (κ2) is 13.2. The molecule has 0 bridgehead atoms. The molecule has 216 valence electrons. The molecule has 0 aromatic rings. The fraction of sp³-hybridized carbons (Fsp3) is 0.935. The zero-order chi connectivity index (χ0) is 28.2. The normalized spacial score (nSPS) is 32.5. The Morgan fingerprint density at radius 3 is 2.16 bits per heavy atom. The smallest absolute Gasteiger partial charge is 0.192 e. The van der Waals surface area contributed by atoms with Crippen LogP contribution in [0, 0.1) is 29.6 Å². The van der Waals surface area contributed by atoms with E-state index in [0.717, 1.165) is 57.7 Å². The summed E-state index contributed by atoms with van der Waals surface area (Å²) in [4.78, 5) is 23.5. The van der Waals surface area contributed by atoms with Gasteiger partial charge in [-0.25, -0.2) is 0 Å². The van der Waals surface area contributed by atoms with Gasteiger partial charge in [-0.1, -0.05) is 55.4 Å². The Kier molecular flexibility index (Phi) is 11.6. The Bertz CT molecular complexity index is 742. The summed E-state index contributed by atoms with van der Waals surface area (Å²) in [5.74, 6) is 1.06. The van der Waals surface area contributed by atoms with Crippen LogP contribution in [0.25, 0.3) is 0 Å². The predicted octanol–water partition coefficient (Wildman–Crippen LogP) is 7.96. The number of carbonyl (C=O) groups is 2. The topological polar surface area (TPSA) is 61.8 Å². The molecule has 9 atom stereocenters. The van der Waals surface area contributed by atoms with Crippen LogP contribution in [0.4, 0.5) is 0 Å². The molecule has 5 nitrogen and oxygen atoms in total. The minimum atomic E-state index is -1.97. The molecule has 2 aliphatic rings. The highest BCUT2D eigenvalue weighted by Crippen LogP contribution is 2.46. The minimum absolute atomic E-state index is 0.0480. The molecule has 0 unspecified atom stereocenters. The standard InChI is InChI=1S/C31H58O5Si/c1-21(26(6)33)12-14-27-22(2)16-18-31(34-27)19-17-24(4)29(35-31)23(3)13-15-28(25(5)20-32)36-37(10,11)30(7,8)9/h20-25,27-29H,12-19H2,1-11H3/t21-,22+,23+,24-,25+,27-,28-,29-,31+/m0/s1. The molecule has 0 amide bonds. The van der Waals surface area contributed by atoms with Crippen molar-refractivity contribution < 1.29 is 23.5 Å². The van der Waals surface area contributed by atoms with E-state index in [9.17, 15) is 9.59 Å². The second-order valence-electron chi connectivity index (χ2n) is 14.2. The number of rotatable bonds is 12. The third kappa shape index (κ3) is 8.71. The number of ketones is 1. The van der Waals surface area contributed by atoms with E-state index in [0.29, 0.717) is 17.8 Å². The monoisotopic (exact) mass is 538 g/mol. The van der Waals surface area contributed by atoms with E-state index in [1.807, 2.05) is 13.8 Å². The average Bonchev–Trinajstić information content (AvgIpc) is 2.82. The highest BCUT2D eigenvalue weighted by Gasteiger charge is 2.48. The number of ether oxygens (including phenoxy) is 2. The Morgan fingerprint density at radius 1 is 1.03 bits per heavy atom. The molecular weight excluding hydrogens is 480 g/mol. The van der Waals surface area contributed by atoms with Gasteiger partial charge in [0, 0.05) is 24.7 Å². The molecule has 6 heteroatoms. The van der Waals surface area contributed by atoms with Gasteiger partial charge in [-0.15, -0.1) is 0 Å². The minimum Gasteiger partial charge on any atom is -0.413 e. The van der Waals surface area contributed by atoms with Gasteiger partial charge in [0.2, 0.25) is 0 Å². The summed E-state index contributed by atoms with van der Waals surface area (Å²) in [5.41, 5.74) is 0. The van der Waals surface area contributed by atoms with E-state index >= 15 is 0 Å². The number of hydrogen-bond acceptors (Lipinski definition) is 5. The summed E-state index contributed by atoms with van der Waals surface area (Å²) in [6.45, 7) is 23.9. The van der Waals surface area contributed by atoms with E-state index in [4.69, 9.17) is 13.9 Å². The maximum Gasteiger partial charge on any atom is 0.192 e. The summed E-state index contributed by atoms with van der Waals surface area (Å²) >= 11 is 0. The third-order valence-corrected chi connectivity index (χ3v) is 14.5. The largest absolute Gasteiger partial charge is 0.413 e. The van der Waals surface area contributed by atoms with Gasteiger partial charge in [-0.3, -0.25) is 4.79 Å².